The molecule has 0 saturated carbocycles. The molecule has 0 aliphatic carbocycles. The van der Waals surface area contributed by atoms with Crippen LogP contribution in [0.15, 0.2) is 54.6 Å². The zero-order chi connectivity index (χ0) is 14.8. The van der Waals surface area contributed by atoms with Crippen LogP contribution in [0.3, 0.4) is 0 Å². The van der Waals surface area contributed by atoms with Crippen LogP contribution < -0.4 is 10.2 Å². The van der Waals surface area contributed by atoms with Gasteiger partial charge in [-0.15, -0.1) is 0 Å². The number of halogens is 1. The van der Waals surface area contributed by atoms with Crippen LogP contribution in [-0.4, -0.2) is 18.4 Å². The first-order valence-corrected chi connectivity index (χ1v) is 7.64. The summed E-state index contributed by atoms with van der Waals surface area (Å²) >= 11 is 2.21. The monoisotopic (exact) mass is 392 g/mol. The van der Waals surface area contributed by atoms with Crippen LogP contribution in [0.5, 0.6) is 0 Å². The molecular formula is C16H13IN2O2. The summed E-state index contributed by atoms with van der Waals surface area (Å²) in [5.74, 6) is -0.260. The average molecular weight is 392 g/mol. The van der Waals surface area contributed by atoms with Crippen LogP contribution in [0.4, 0.5) is 5.69 Å². The minimum atomic E-state index is -0.619. The van der Waals surface area contributed by atoms with Gasteiger partial charge in [-0.1, -0.05) is 30.3 Å². The van der Waals surface area contributed by atoms with Gasteiger partial charge in [0.25, 0.3) is 5.91 Å². The van der Waals surface area contributed by atoms with Crippen molar-refractivity contribution in [1.29, 1.82) is 0 Å². The third-order valence-electron chi connectivity index (χ3n) is 3.39. The van der Waals surface area contributed by atoms with Gasteiger partial charge in [-0.3, -0.25) is 9.59 Å². The Morgan fingerprint density at radius 2 is 1.67 bits per heavy atom. The lowest BCUT2D eigenvalue weighted by Gasteiger charge is -2.32. The predicted octanol–water partition coefficient (Wildman–Crippen LogP) is 2.50. The smallest absolute Gasteiger partial charge is 0.254 e. The van der Waals surface area contributed by atoms with E-state index < -0.39 is 6.04 Å². The SMILES string of the molecule is O=C1CN(c2ccc(I)cc2)C(=O)C(c2ccccc2)N1. The molecule has 1 heterocycles. The quantitative estimate of drug-likeness (QED) is 0.799. The summed E-state index contributed by atoms with van der Waals surface area (Å²) < 4.78 is 1.09. The minimum absolute atomic E-state index is 0.0583. The van der Waals surface area contributed by atoms with Gasteiger partial charge in [-0.05, 0) is 52.4 Å². The standard InChI is InChI=1S/C16H13IN2O2/c17-12-6-8-13(9-7-12)19-10-14(20)18-15(16(19)21)11-4-2-1-3-5-11/h1-9,15H,10H2,(H,18,20). The topological polar surface area (TPSA) is 49.4 Å². The second kappa shape index (κ2) is 5.85. The lowest BCUT2D eigenvalue weighted by atomic mass is 10.0. The Labute approximate surface area is 136 Å². The van der Waals surface area contributed by atoms with Crippen molar-refractivity contribution in [1.82, 2.24) is 5.32 Å². The number of piperazine rings is 1. The van der Waals surface area contributed by atoms with E-state index in [1.54, 1.807) is 0 Å². The lowest BCUT2D eigenvalue weighted by molar-refractivity contribution is -0.131. The van der Waals surface area contributed by atoms with Crippen LogP contribution in [0.1, 0.15) is 11.6 Å². The van der Waals surface area contributed by atoms with Crippen molar-refractivity contribution in [3.63, 3.8) is 0 Å². The van der Waals surface area contributed by atoms with E-state index in [0.29, 0.717) is 0 Å². The van der Waals surface area contributed by atoms with Gasteiger partial charge in [-0.2, -0.15) is 0 Å². The zero-order valence-corrected chi connectivity index (χ0v) is 13.3. The molecule has 0 aromatic heterocycles. The Balaban J connectivity index is 1.93. The average Bonchev–Trinajstić information content (AvgIpc) is 2.51. The number of anilines is 1. The molecule has 0 radical (unpaired) electrons. The van der Waals surface area contributed by atoms with Crippen LogP contribution >= 0.6 is 22.6 Å². The van der Waals surface area contributed by atoms with E-state index in [0.717, 1.165) is 14.8 Å². The first kappa shape index (κ1) is 14.1. The van der Waals surface area contributed by atoms with Crippen molar-refractivity contribution in [2.75, 3.05) is 11.4 Å². The van der Waals surface area contributed by atoms with Crippen molar-refractivity contribution < 1.29 is 9.59 Å². The van der Waals surface area contributed by atoms with Crippen molar-refractivity contribution in [2.45, 2.75) is 6.04 Å². The second-order valence-corrected chi connectivity index (χ2v) is 6.06. The fraction of sp³-hybridized carbons (Fsp3) is 0.125. The Morgan fingerprint density at radius 1 is 1.00 bits per heavy atom. The molecule has 3 rings (SSSR count). The number of nitrogens with zero attached hydrogens (tertiary/aromatic N) is 1. The Hall–Kier alpha value is -1.89. The number of rotatable bonds is 2. The van der Waals surface area contributed by atoms with Crippen LogP contribution in [0, 0.1) is 3.57 Å². The first-order chi connectivity index (χ1) is 10.1. The van der Waals surface area contributed by atoms with Gasteiger partial charge in [0.2, 0.25) is 5.91 Å². The maximum Gasteiger partial charge on any atom is 0.254 e. The number of hydrogen-bond acceptors (Lipinski definition) is 2. The maximum absolute atomic E-state index is 12.7. The molecule has 1 unspecified atom stereocenters. The summed E-state index contributed by atoms with van der Waals surface area (Å²) in [6.45, 7) is 0.0583. The molecule has 5 heteroatoms. The zero-order valence-electron chi connectivity index (χ0n) is 11.1. The van der Waals surface area contributed by atoms with E-state index in [1.807, 2.05) is 54.6 Å². The molecule has 4 nitrogen and oxygen atoms in total. The van der Waals surface area contributed by atoms with Gasteiger partial charge in [-0.25, -0.2) is 0 Å². The molecule has 1 aliphatic heterocycles. The molecule has 0 bridgehead atoms. The minimum Gasteiger partial charge on any atom is -0.339 e. The van der Waals surface area contributed by atoms with Gasteiger partial charge in [0, 0.05) is 9.26 Å². The number of nitrogens with one attached hydrogen (secondary N) is 1. The number of benzene rings is 2. The molecule has 2 amide bonds. The van der Waals surface area contributed by atoms with Crippen LogP contribution in [0.2, 0.25) is 0 Å². The lowest BCUT2D eigenvalue weighted by Crippen LogP contribution is -2.53. The molecule has 2 aromatic rings. The van der Waals surface area contributed by atoms with Gasteiger partial charge >= 0.3 is 0 Å². The number of amides is 2. The normalized spacial score (nSPS) is 18.5. The van der Waals surface area contributed by atoms with Gasteiger partial charge in [0.15, 0.2) is 0 Å². The van der Waals surface area contributed by atoms with Crippen molar-refractivity contribution in [3.8, 4) is 0 Å². The summed E-state index contributed by atoms with van der Waals surface area (Å²) in [5.41, 5.74) is 1.54. The summed E-state index contributed by atoms with van der Waals surface area (Å²) in [7, 11) is 0. The van der Waals surface area contributed by atoms with Crippen LogP contribution in [0.25, 0.3) is 0 Å². The number of hydrogen-bond donors (Lipinski definition) is 1. The highest BCUT2D eigenvalue weighted by molar-refractivity contribution is 14.1. The summed E-state index contributed by atoms with van der Waals surface area (Å²) in [6.07, 6.45) is 0. The summed E-state index contributed by atoms with van der Waals surface area (Å²) in [4.78, 5) is 26.1. The molecule has 1 atom stereocenters. The molecule has 21 heavy (non-hydrogen) atoms. The number of carbonyl (C=O) groups excluding carboxylic acids is 2. The molecule has 2 aromatic carbocycles. The van der Waals surface area contributed by atoms with Crippen molar-refractivity contribution >= 4 is 40.1 Å². The molecule has 106 valence electrons. The number of carbonyl (C=O) groups is 2. The van der Waals surface area contributed by atoms with E-state index >= 15 is 0 Å². The third-order valence-corrected chi connectivity index (χ3v) is 4.11. The van der Waals surface area contributed by atoms with Crippen molar-refractivity contribution in [3.05, 3.63) is 63.7 Å². The highest BCUT2D eigenvalue weighted by atomic mass is 127. The fourth-order valence-corrected chi connectivity index (χ4v) is 2.72. The molecule has 1 saturated heterocycles. The second-order valence-electron chi connectivity index (χ2n) is 4.81. The van der Waals surface area contributed by atoms with Crippen LogP contribution in [-0.2, 0) is 9.59 Å². The molecule has 0 spiro atoms. The highest BCUT2D eigenvalue weighted by Crippen LogP contribution is 2.24. The predicted molar refractivity (Wildman–Crippen MR) is 88.8 cm³/mol. The van der Waals surface area contributed by atoms with E-state index in [9.17, 15) is 9.59 Å². The van der Waals surface area contributed by atoms with E-state index in [-0.39, 0.29) is 18.4 Å². The maximum atomic E-state index is 12.7. The molecule has 1 aliphatic rings. The van der Waals surface area contributed by atoms with Gasteiger partial charge in [0.1, 0.15) is 12.6 Å². The van der Waals surface area contributed by atoms with E-state index in [2.05, 4.69) is 27.9 Å². The van der Waals surface area contributed by atoms with Gasteiger partial charge in [0.05, 0.1) is 0 Å². The highest BCUT2D eigenvalue weighted by Gasteiger charge is 2.34. The molecule has 1 fully saturated rings. The largest absolute Gasteiger partial charge is 0.339 e. The third kappa shape index (κ3) is 2.92. The molecular weight excluding hydrogens is 379 g/mol. The van der Waals surface area contributed by atoms with Gasteiger partial charge < -0.3 is 10.2 Å². The molecule has 1 N–H and O–H groups in total. The van der Waals surface area contributed by atoms with E-state index in [1.165, 1.54) is 4.90 Å². The first-order valence-electron chi connectivity index (χ1n) is 6.56. The Morgan fingerprint density at radius 3 is 2.33 bits per heavy atom. The Kier molecular flexibility index (Phi) is 3.92. The summed E-state index contributed by atoms with van der Waals surface area (Å²) in [6, 6.07) is 16.3. The summed E-state index contributed by atoms with van der Waals surface area (Å²) in [5, 5.41) is 2.76. The Bertz CT molecular complexity index is 670. The fourth-order valence-electron chi connectivity index (χ4n) is 2.36. The van der Waals surface area contributed by atoms with E-state index in [4.69, 9.17) is 0 Å². The van der Waals surface area contributed by atoms with Crippen molar-refractivity contribution in [2.24, 2.45) is 0 Å².